The fourth-order valence-electron chi connectivity index (χ4n) is 3.84. The Morgan fingerprint density at radius 2 is 2.07 bits per heavy atom. The smallest absolute Gasteiger partial charge is 0.274 e. The largest absolute Gasteiger partial charge is 0.340 e. The molecule has 0 aliphatic heterocycles. The van der Waals surface area contributed by atoms with Gasteiger partial charge in [-0.15, -0.1) is 0 Å². The molecule has 2 aromatic heterocycles. The van der Waals surface area contributed by atoms with Crippen LogP contribution in [0.2, 0.25) is 0 Å². The van der Waals surface area contributed by atoms with E-state index < -0.39 is 0 Å². The lowest BCUT2D eigenvalue weighted by molar-refractivity contribution is 0.0788. The lowest BCUT2D eigenvalue weighted by Gasteiger charge is -2.15. The molecule has 0 saturated heterocycles. The first-order valence-corrected chi connectivity index (χ1v) is 9.67. The van der Waals surface area contributed by atoms with Crippen LogP contribution in [0.4, 0.5) is 0 Å². The van der Waals surface area contributed by atoms with Crippen LogP contribution in [0.1, 0.15) is 51.0 Å². The molecular formula is C21H25N5O2. The highest BCUT2D eigenvalue weighted by molar-refractivity contribution is 5.94. The first-order chi connectivity index (χ1) is 13.4. The van der Waals surface area contributed by atoms with E-state index >= 15 is 0 Å². The number of nitrogens with zero attached hydrogens (tertiary/aromatic N) is 5. The number of carbonyl (C=O) groups excluding carboxylic acids is 1. The fraction of sp³-hybridized carbons (Fsp3) is 0.429. The number of aryl methyl sites for hydroxylation is 3. The molecule has 7 heteroatoms. The number of aromatic nitrogens is 4. The highest BCUT2D eigenvalue weighted by Crippen LogP contribution is 2.29. The third-order valence-electron chi connectivity index (χ3n) is 5.30. The van der Waals surface area contributed by atoms with E-state index in [2.05, 4.69) is 42.2 Å². The second-order valence-electron chi connectivity index (χ2n) is 7.54. The topological polar surface area (TPSA) is 77.0 Å². The van der Waals surface area contributed by atoms with E-state index in [1.54, 1.807) is 18.9 Å². The maximum absolute atomic E-state index is 13.1. The van der Waals surface area contributed by atoms with Crippen LogP contribution in [-0.2, 0) is 19.3 Å². The molecule has 0 radical (unpaired) electrons. The molecule has 146 valence electrons. The van der Waals surface area contributed by atoms with Crippen molar-refractivity contribution in [2.24, 2.45) is 0 Å². The van der Waals surface area contributed by atoms with Crippen molar-refractivity contribution < 1.29 is 9.32 Å². The number of hydrogen-bond donors (Lipinski definition) is 0. The van der Waals surface area contributed by atoms with Crippen LogP contribution in [-0.4, -0.2) is 44.3 Å². The van der Waals surface area contributed by atoms with Gasteiger partial charge >= 0.3 is 0 Å². The van der Waals surface area contributed by atoms with Crippen LogP contribution >= 0.6 is 0 Å². The van der Waals surface area contributed by atoms with Gasteiger partial charge in [0, 0.05) is 38.2 Å². The Morgan fingerprint density at radius 3 is 2.79 bits per heavy atom. The van der Waals surface area contributed by atoms with Crippen molar-refractivity contribution in [1.82, 2.24) is 24.8 Å². The van der Waals surface area contributed by atoms with Crippen LogP contribution in [0, 0.1) is 20.8 Å². The molecule has 1 aliphatic rings. The van der Waals surface area contributed by atoms with Gasteiger partial charge in [0.25, 0.3) is 5.91 Å². The first-order valence-electron chi connectivity index (χ1n) is 9.67. The number of fused-ring (bicyclic) bond motifs is 1. The minimum absolute atomic E-state index is 0.0538. The molecule has 0 N–H and O–H groups in total. The van der Waals surface area contributed by atoms with Gasteiger partial charge in [-0.3, -0.25) is 4.79 Å². The third-order valence-corrected chi connectivity index (χ3v) is 5.30. The van der Waals surface area contributed by atoms with Gasteiger partial charge in [0.15, 0.2) is 11.5 Å². The highest BCUT2D eigenvalue weighted by atomic mass is 16.5. The molecule has 0 spiro atoms. The number of benzene rings is 1. The fourth-order valence-corrected chi connectivity index (χ4v) is 3.84. The van der Waals surface area contributed by atoms with Gasteiger partial charge in [0.05, 0.1) is 5.69 Å². The Balaban J connectivity index is 1.60. The molecule has 2 heterocycles. The van der Waals surface area contributed by atoms with Gasteiger partial charge in [0.1, 0.15) is 0 Å². The lowest BCUT2D eigenvalue weighted by Crippen LogP contribution is -2.30. The van der Waals surface area contributed by atoms with Crippen molar-refractivity contribution in [3.63, 3.8) is 0 Å². The zero-order valence-electron chi connectivity index (χ0n) is 16.8. The van der Waals surface area contributed by atoms with E-state index in [1.807, 2.05) is 4.68 Å². The molecule has 0 atom stereocenters. The van der Waals surface area contributed by atoms with E-state index in [1.165, 1.54) is 5.56 Å². The van der Waals surface area contributed by atoms with Gasteiger partial charge < -0.3 is 9.42 Å². The summed E-state index contributed by atoms with van der Waals surface area (Å²) in [4.78, 5) is 19.0. The summed E-state index contributed by atoms with van der Waals surface area (Å²) in [5.74, 6) is 1.10. The summed E-state index contributed by atoms with van der Waals surface area (Å²) in [5, 5.41) is 8.64. The molecule has 1 aliphatic carbocycles. The molecule has 3 aromatic rings. The van der Waals surface area contributed by atoms with Crippen LogP contribution in [0.25, 0.3) is 5.69 Å². The predicted octanol–water partition coefficient (Wildman–Crippen LogP) is 2.98. The second-order valence-corrected chi connectivity index (χ2v) is 7.54. The molecule has 1 aromatic carbocycles. The zero-order chi connectivity index (χ0) is 19.8. The van der Waals surface area contributed by atoms with Crippen molar-refractivity contribution in [1.29, 1.82) is 0 Å². The minimum atomic E-state index is -0.0538. The average Bonchev–Trinajstić information content (AvgIpc) is 3.36. The van der Waals surface area contributed by atoms with Crippen molar-refractivity contribution in [2.75, 3.05) is 13.6 Å². The summed E-state index contributed by atoms with van der Waals surface area (Å²) >= 11 is 0. The summed E-state index contributed by atoms with van der Waals surface area (Å²) in [6, 6.07) is 6.33. The van der Waals surface area contributed by atoms with Gasteiger partial charge in [-0.2, -0.15) is 10.1 Å². The van der Waals surface area contributed by atoms with Crippen LogP contribution in [0.3, 0.4) is 0 Å². The molecule has 4 rings (SSSR count). The Kier molecular flexibility index (Phi) is 4.75. The van der Waals surface area contributed by atoms with E-state index in [9.17, 15) is 4.79 Å². The molecule has 0 fully saturated rings. The quantitative estimate of drug-likeness (QED) is 0.681. The van der Waals surface area contributed by atoms with Gasteiger partial charge in [-0.1, -0.05) is 22.9 Å². The zero-order valence-corrected chi connectivity index (χ0v) is 16.8. The van der Waals surface area contributed by atoms with Gasteiger partial charge in [-0.05, 0) is 44.7 Å². The Labute approximate surface area is 164 Å². The van der Waals surface area contributed by atoms with Crippen LogP contribution in [0.15, 0.2) is 22.7 Å². The first kappa shape index (κ1) is 18.4. The molecule has 1 amide bonds. The van der Waals surface area contributed by atoms with Crippen molar-refractivity contribution in [3.8, 4) is 5.69 Å². The second kappa shape index (κ2) is 7.22. The maximum Gasteiger partial charge on any atom is 0.274 e. The number of rotatable bonds is 5. The van der Waals surface area contributed by atoms with Crippen LogP contribution < -0.4 is 0 Å². The summed E-state index contributed by atoms with van der Waals surface area (Å²) in [6.45, 7) is 6.45. The third kappa shape index (κ3) is 3.32. The lowest BCUT2D eigenvalue weighted by atomic mass is 10.1. The molecule has 0 bridgehead atoms. The van der Waals surface area contributed by atoms with E-state index in [4.69, 9.17) is 9.62 Å². The van der Waals surface area contributed by atoms with E-state index in [-0.39, 0.29) is 5.91 Å². The van der Waals surface area contributed by atoms with Crippen LogP contribution in [0.5, 0.6) is 0 Å². The predicted molar refractivity (Wildman–Crippen MR) is 105 cm³/mol. The van der Waals surface area contributed by atoms with Crippen molar-refractivity contribution >= 4 is 5.91 Å². The minimum Gasteiger partial charge on any atom is -0.340 e. The standard InChI is InChI=1S/C21H25N5O2/c1-13-8-9-17(14(2)12-13)26-18-7-5-6-16(18)20(23-26)21(27)25(4)11-10-19-22-15(3)28-24-19/h8-9,12H,5-7,10-11H2,1-4H3. The van der Waals surface area contributed by atoms with E-state index in [0.29, 0.717) is 30.4 Å². The molecule has 28 heavy (non-hydrogen) atoms. The Bertz CT molecular complexity index is 1030. The molecule has 0 unspecified atom stereocenters. The van der Waals surface area contributed by atoms with Gasteiger partial charge in [0.2, 0.25) is 5.89 Å². The number of hydrogen-bond acceptors (Lipinski definition) is 5. The SMILES string of the molecule is Cc1ccc(-n2nc(C(=O)N(C)CCc3noc(C)n3)c3c2CCC3)c(C)c1. The average molecular weight is 379 g/mol. The number of amides is 1. The normalized spacial score (nSPS) is 13.0. The number of carbonyl (C=O) groups is 1. The van der Waals surface area contributed by atoms with Crippen molar-refractivity contribution in [2.45, 2.75) is 46.5 Å². The highest BCUT2D eigenvalue weighted by Gasteiger charge is 2.29. The summed E-state index contributed by atoms with van der Waals surface area (Å²) in [5.41, 5.74) is 6.26. The Morgan fingerprint density at radius 1 is 1.25 bits per heavy atom. The van der Waals surface area contributed by atoms with E-state index in [0.717, 1.165) is 41.8 Å². The molecule has 0 saturated carbocycles. The number of likely N-dealkylation sites (N-methyl/N-ethyl adjacent to an activating group) is 1. The molecule has 7 nitrogen and oxygen atoms in total. The Hall–Kier alpha value is -2.96. The summed E-state index contributed by atoms with van der Waals surface area (Å²) in [7, 11) is 1.80. The summed E-state index contributed by atoms with van der Waals surface area (Å²) < 4.78 is 6.97. The van der Waals surface area contributed by atoms with Crippen molar-refractivity contribution in [3.05, 3.63) is 58.0 Å². The summed E-state index contributed by atoms with van der Waals surface area (Å²) in [6.07, 6.45) is 3.47. The monoisotopic (exact) mass is 379 g/mol. The van der Waals surface area contributed by atoms with Gasteiger partial charge in [-0.25, -0.2) is 4.68 Å². The maximum atomic E-state index is 13.1. The molecular weight excluding hydrogens is 354 g/mol.